The van der Waals surface area contributed by atoms with Crippen LogP contribution in [0.3, 0.4) is 0 Å². The molecule has 1 fully saturated rings. The molecule has 1 aromatic carbocycles. The lowest BCUT2D eigenvalue weighted by Gasteiger charge is -2.19. The second kappa shape index (κ2) is 5.65. The molecule has 2 rings (SSSR count). The molecule has 8 heteroatoms. The minimum Gasteiger partial charge on any atom is -0.308 e. The van der Waals surface area contributed by atoms with Gasteiger partial charge in [-0.25, -0.2) is 4.39 Å². The molecule has 1 heterocycles. The highest BCUT2D eigenvalue weighted by molar-refractivity contribution is 6.36. The van der Waals surface area contributed by atoms with Crippen LogP contribution in [-0.4, -0.2) is 19.0 Å². The van der Waals surface area contributed by atoms with Crippen molar-refractivity contribution in [1.29, 1.82) is 0 Å². The molecule has 5 nitrogen and oxygen atoms in total. The van der Waals surface area contributed by atoms with Crippen molar-refractivity contribution in [2.24, 2.45) is 11.0 Å². The summed E-state index contributed by atoms with van der Waals surface area (Å²) in [4.78, 5) is 15.8. The molecule has 0 bridgehead atoms. The molecule has 0 saturated carbocycles. The summed E-state index contributed by atoms with van der Waals surface area (Å²) in [5, 5.41) is 3.68. The van der Waals surface area contributed by atoms with Gasteiger partial charge in [-0.15, -0.1) is 0 Å². The molecule has 0 aromatic heterocycles. The number of anilines is 1. The number of carbonyl (C=O) groups excluding carboxylic acids is 1. The number of hydrogen-bond acceptors (Lipinski definition) is 2. The quantitative estimate of drug-likeness (QED) is 0.475. The summed E-state index contributed by atoms with van der Waals surface area (Å²) < 4.78 is 13.9. The zero-order chi connectivity index (χ0) is 14.0. The average Bonchev–Trinajstić information content (AvgIpc) is 2.67. The van der Waals surface area contributed by atoms with Crippen LogP contribution < -0.4 is 4.90 Å². The van der Waals surface area contributed by atoms with Crippen LogP contribution in [0.1, 0.15) is 6.42 Å². The van der Waals surface area contributed by atoms with Crippen molar-refractivity contribution in [1.82, 2.24) is 0 Å². The molecule has 1 unspecified atom stereocenters. The van der Waals surface area contributed by atoms with E-state index in [1.807, 2.05) is 0 Å². The molecule has 0 aliphatic carbocycles. The van der Waals surface area contributed by atoms with Gasteiger partial charge in [0.15, 0.2) is 0 Å². The Morgan fingerprint density at radius 2 is 2.26 bits per heavy atom. The number of halogens is 3. The summed E-state index contributed by atoms with van der Waals surface area (Å²) >= 11 is 11.6. The SMILES string of the molecule is [N-]=[N+]=NCC1CC(=O)N(c2c(F)cc(Cl)cc2Cl)C1. The molecular weight excluding hydrogens is 294 g/mol. The van der Waals surface area contributed by atoms with E-state index in [1.165, 1.54) is 11.0 Å². The number of azide groups is 1. The molecule has 0 N–H and O–H groups in total. The van der Waals surface area contributed by atoms with E-state index < -0.39 is 5.82 Å². The predicted molar refractivity (Wildman–Crippen MR) is 70.9 cm³/mol. The largest absolute Gasteiger partial charge is 0.308 e. The molecular formula is C11H9Cl2FN4O. The maximum absolute atomic E-state index is 13.9. The molecule has 100 valence electrons. The number of rotatable bonds is 3. The molecule has 19 heavy (non-hydrogen) atoms. The Labute approximate surface area is 118 Å². The van der Waals surface area contributed by atoms with Crippen LogP contribution in [0.25, 0.3) is 10.4 Å². The van der Waals surface area contributed by atoms with Gasteiger partial charge in [0.2, 0.25) is 5.91 Å². The highest BCUT2D eigenvalue weighted by Gasteiger charge is 2.33. The number of amides is 1. The molecule has 1 saturated heterocycles. The fraction of sp³-hybridized carbons (Fsp3) is 0.364. The van der Waals surface area contributed by atoms with E-state index >= 15 is 0 Å². The Morgan fingerprint density at radius 3 is 2.89 bits per heavy atom. The molecule has 0 radical (unpaired) electrons. The van der Waals surface area contributed by atoms with Gasteiger partial charge in [-0.3, -0.25) is 4.79 Å². The Hall–Kier alpha value is -1.49. The number of nitrogens with zero attached hydrogens (tertiary/aromatic N) is 4. The highest BCUT2D eigenvalue weighted by atomic mass is 35.5. The third-order valence-corrected chi connectivity index (χ3v) is 3.37. The van der Waals surface area contributed by atoms with Gasteiger partial charge in [0.1, 0.15) is 5.82 Å². The highest BCUT2D eigenvalue weighted by Crippen LogP contribution is 2.35. The van der Waals surface area contributed by atoms with Crippen molar-refractivity contribution in [3.05, 3.63) is 38.4 Å². The summed E-state index contributed by atoms with van der Waals surface area (Å²) in [5.74, 6) is -1.02. The zero-order valence-electron chi connectivity index (χ0n) is 9.68. The molecule has 1 aromatic rings. The van der Waals surface area contributed by atoms with Crippen LogP contribution >= 0.6 is 23.2 Å². The Morgan fingerprint density at radius 1 is 1.53 bits per heavy atom. The Bertz CT molecular complexity index is 551. The van der Waals surface area contributed by atoms with Crippen LogP contribution in [0.15, 0.2) is 17.2 Å². The lowest BCUT2D eigenvalue weighted by molar-refractivity contribution is -0.117. The van der Waals surface area contributed by atoms with Gasteiger partial charge >= 0.3 is 0 Å². The van der Waals surface area contributed by atoms with Gasteiger partial charge in [-0.1, -0.05) is 28.3 Å². The standard InChI is InChI=1S/C11H9Cl2FN4O/c12-7-2-8(13)11(9(14)3-7)18-5-6(1-10(18)19)4-16-17-15/h2-3,6H,1,4-5H2. The van der Waals surface area contributed by atoms with E-state index in [4.69, 9.17) is 28.7 Å². The van der Waals surface area contributed by atoms with Gasteiger partial charge in [-0.2, -0.15) is 0 Å². The van der Waals surface area contributed by atoms with Gasteiger partial charge < -0.3 is 4.90 Å². The van der Waals surface area contributed by atoms with Gasteiger partial charge in [0, 0.05) is 29.4 Å². The van der Waals surface area contributed by atoms with Crippen molar-refractivity contribution in [3.8, 4) is 0 Å². The lowest BCUT2D eigenvalue weighted by Crippen LogP contribution is -2.26. The van der Waals surface area contributed by atoms with E-state index in [2.05, 4.69) is 10.0 Å². The van der Waals surface area contributed by atoms with Crippen molar-refractivity contribution < 1.29 is 9.18 Å². The van der Waals surface area contributed by atoms with Gasteiger partial charge in [0.25, 0.3) is 0 Å². The smallest absolute Gasteiger partial charge is 0.227 e. The van der Waals surface area contributed by atoms with Crippen LogP contribution in [0, 0.1) is 11.7 Å². The first kappa shape index (κ1) is 13.9. The second-order valence-electron chi connectivity index (χ2n) is 4.21. The van der Waals surface area contributed by atoms with Crippen molar-refractivity contribution in [2.75, 3.05) is 18.0 Å². The van der Waals surface area contributed by atoms with Gasteiger partial charge in [0.05, 0.1) is 10.7 Å². The molecule has 1 amide bonds. The fourth-order valence-corrected chi connectivity index (χ4v) is 2.63. The van der Waals surface area contributed by atoms with E-state index in [1.54, 1.807) is 0 Å². The van der Waals surface area contributed by atoms with Gasteiger partial charge in [-0.05, 0) is 23.6 Å². The van der Waals surface area contributed by atoms with Crippen molar-refractivity contribution >= 4 is 34.8 Å². The molecule has 1 atom stereocenters. The van der Waals surface area contributed by atoms with Crippen molar-refractivity contribution in [2.45, 2.75) is 6.42 Å². The average molecular weight is 303 g/mol. The first-order valence-corrected chi connectivity index (χ1v) is 6.24. The van der Waals surface area contributed by atoms with Crippen LogP contribution in [0.5, 0.6) is 0 Å². The van der Waals surface area contributed by atoms with Crippen LogP contribution in [-0.2, 0) is 4.79 Å². The molecule has 0 spiro atoms. The lowest BCUT2D eigenvalue weighted by atomic mass is 10.1. The summed E-state index contributed by atoms with van der Waals surface area (Å²) in [6.45, 7) is 0.474. The Kier molecular flexibility index (Phi) is 4.14. The van der Waals surface area contributed by atoms with Crippen LogP contribution in [0.2, 0.25) is 10.0 Å². The fourth-order valence-electron chi connectivity index (χ4n) is 2.06. The summed E-state index contributed by atoms with van der Waals surface area (Å²) in [6.07, 6.45) is 0.206. The minimum absolute atomic E-state index is 0.0273. The second-order valence-corrected chi connectivity index (χ2v) is 5.05. The third kappa shape index (κ3) is 2.92. The monoisotopic (exact) mass is 302 g/mol. The molecule has 1 aliphatic rings. The first-order valence-electron chi connectivity index (χ1n) is 5.48. The normalized spacial score (nSPS) is 18.6. The number of hydrogen-bond donors (Lipinski definition) is 0. The van der Waals surface area contributed by atoms with E-state index in [0.717, 1.165) is 6.07 Å². The predicted octanol–water partition coefficient (Wildman–Crippen LogP) is 3.80. The molecule has 1 aliphatic heterocycles. The number of benzene rings is 1. The maximum Gasteiger partial charge on any atom is 0.227 e. The van der Waals surface area contributed by atoms with E-state index in [9.17, 15) is 9.18 Å². The summed E-state index contributed by atoms with van der Waals surface area (Å²) in [5.41, 5.74) is 8.29. The zero-order valence-corrected chi connectivity index (χ0v) is 11.2. The minimum atomic E-state index is -0.643. The third-order valence-electron chi connectivity index (χ3n) is 2.86. The summed E-state index contributed by atoms with van der Waals surface area (Å²) in [6, 6.07) is 2.49. The van der Waals surface area contributed by atoms with E-state index in [0.29, 0.717) is 0 Å². The maximum atomic E-state index is 13.9. The summed E-state index contributed by atoms with van der Waals surface area (Å²) in [7, 11) is 0. The van der Waals surface area contributed by atoms with Crippen molar-refractivity contribution in [3.63, 3.8) is 0 Å². The topological polar surface area (TPSA) is 69.1 Å². The Balaban J connectivity index is 2.28. The van der Waals surface area contributed by atoms with Crippen LogP contribution in [0.4, 0.5) is 10.1 Å². The van der Waals surface area contributed by atoms with E-state index in [-0.39, 0.29) is 47.1 Å². The number of carbonyl (C=O) groups is 1. The first-order chi connectivity index (χ1) is 9.02.